The molecule has 138 valence electrons. The Balaban J connectivity index is 1.51. The van der Waals surface area contributed by atoms with Gasteiger partial charge in [0.05, 0.1) is 5.69 Å². The molecule has 1 saturated carbocycles. The SMILES string of the molecule is c1ccc(-c2cc(NCCc3ccncc3)nc(NC3CCCC3)n2)cc1. The zero-order chi connectivity index (χ0) is 18.3. The molecule has 5 nitrogen and oxygen atoms in total. The van der Waals surface area contributed by atoms with Crippen LogP contribution in [0.25, 0.3) is 11.3 Å². The molecule has 1 aromatic carbocycles. The molecule has 2 N–H and O–H groups in total. The molecular weight excluding hydrogens is 334 g/mol. The predicted molar refractivity (Wildman–Crippen MR) is 110 cm³/mol. The normalized spacial score (nSPS) is 14.2. The van der Waals surface area contributed by atoms with E-state index in [4.69, 9.17) is 9.97 Å². The summed E-state index contributed by atoms with van der Waals surface area (Å²) < 4.78 is 0. The van der Waals surface area contributed by atoms with Crippen molar-refractivity contribution in [1.29, 1.82) is 0 Å². The number of hydrogen-bond acceptors (Lipinski definition) is 5. The Labute approximate surface area is 160 Å². The number of rotatable bonds is 7. The minimum atomic E-state index is 0.487. The maximum atomic E-state index is 4.76. The van der Waals surface area contributed by atoms with Crippen LogP contribution in [0.4, 0.5) is 11.8 Å². The summed E-state index contributed by atoms with van der Waals surface area (Å²) in [6, 6.07) is 16.9. The van der Waals surface area contributed by atoms with Gasteiger partial charge in [0.1, 0.15) is 5.82 Å². The van der Waals surface area contributed by atoms with Gasteiger partial charge in [0.2, 0.25) is 5.95 Å². The van der Waals surface area contributed by atoms with E-state index in [1.54, 1.807) is 0 Å². The quantitative estimate of drug-likeness (QED) is 0.648. The first-order chi connectivity index (χ1) is 13.4. The van der Waals surface area contributed by atoms with Crippen molar-refractivity contribution in [3.63, 3.8) is 0 Å². The third-order valence-corrected chi connectivity index (χ3v) is 4.95. The Morgan fingerprint density at radius 1 is 0.926 bits per heavy atom. The summed E-state index contributed by atoms with van der Waals surface area (Å²) in [4.78, 5) is 13.5. The molecule has 0 amide bonds. The van der Waals surface area contributed by atoms with E-state index in [9.17, 15) is 0 Å². The highest BCUT2D eigenvalue weighted by atomic mass is 15.2. The van der Waals surface area contributed by atoms with E-state index in [-0.39, 0.29) is 0 Å². The monoisotopic (exact) mass is 359 g/mol. The number of hydrogen-bond donors (Lipinski definition) is 2. The smallest absolute Gasteiger partial charge is 0.225 e. The fourth-order valence-corrected chi connectivity index (χ4v) is 3.50. The van der Waals surface area contributed by atoms with Crippen molar-refractivity contribution in [2.75, 3.05) is 17.2 Å². The lowest BCUT2D eigenvalue weighted by molar-refractivity contribution is 0.744. The molecule has 0 spiro atoms. The van der Waals surface area contributed by atoms with Crippen molar-refractivity contribution < 1.29 is 0 Å². The van der Waals surface area contributed by atoms with Crippen LogP contribution in [0, 0.1) is 0 Å². The summed E-state index contributed by atoms with van der Waals surface area (Å²) in [5, 5.41) is 6.99. The lowest BCUT2D eigenvalue weighted by Gasteiger charge is -2.15. The van der Waals surface area contributed by atoms with Gasteiger partial charge in [-0.05, 0) is 37.0 Å². The minimum Gasteiger partial charge on any atom is -0.370 e. The third-order valence-electron chi connectivity index (χ3n) is 4.95. The summed E-state index contributed by atoms with van der Waals surface area (Å²) in [6.45, 7) is 0.818. The van der Waals surface area contributed by atoms with E-state index in [0.717, 1.165) is 36.0 Å². The first-order valence-corrected chi connectivity index (χ1v) is 9.71. The lowest BCUT2D eigenvalue weighted by atomic mass is 10.1. The summed E-state index contributed by atoms with van der Waals surface area (Å²) in [6.07, 6.45) is 9.56. The van der Waals surface area contributed by atoms with Crippen molar-refractivity contribution in [3.8, 4) is 11.3 Å². The van der Waals surface area contributed by atoms with Gasteiger partial charge in [-0.15, -0.1) is 0 Å². The van der Waals surface area contributed by atoms with Crippen molar-refractivity contribution >= 4 is 11.8 Å². The van der Waals surface area contributed by atoms with Gasteiger partial charge >= 0.3 is 0 Å². The first kappa shape index (κ1) is 17.5. The Morgan fingerprint density at radius 2 is 1.70 bits per heavy atom. The molecular formula is C22H25N5. The van der Waals surface area contributed by atoms with Gasteiger partial charge in [-0.25, -0.2) is 4.98 Å². The second kappa shape index (κ2) is 8.62. The molecule has 2 aromatic heterocycles. The first-order valence-electron chi connectivity index (χ1n) is 9.71. The Hall–Kier alpha value is -2.95. The molecule has 0 unspecified atom stereocenters. The molecule has 27 heavy (non-hydrogen) atoms. The topological polar surface area (TPSA) is 62.7 Å². The van der Waals surface area contributed by atoms with Crippen LogP contribution in [0.3, 0.4) is 0 Å². The van der Waals surface area contributed by atoms with Gasteiger partial charge in [-0.1, -0.05) is 43.2 Å². The number of aromatic nitrogens is 3. The molecule has 0 radical (unpaired) electrons. The Bertz CT molecular complexity index is 845. The minimum absolute atomic E-state index is 0.487. The Morgan fingerprint density at radius 3 is 2.48 bits per heavy atom. The highest BCUT2D eigenvalue weighted by Gasteiger charge is 2.16. The van der Waals surface area contributed by atoms with E-state index >= 15 is 0 Å². The van der Waals surface area contributed by atoms with Gasteiger partial charge in [0.25, 0.3) is 0 Å². The van der Waals surface area contributed by atoms with Crippen LogP contribution in [-0.4, -0.2) is 27.5 Å². The van der Waals surface area contributed by atoms with Crippen LogP contribution in [-0.2, 0) is 6.42 Å². The van der Waals surface area contributed by atoms with E-state index in [2.05, 4.69) is 27.8 Å². The molecule has 1 fully saturated rings. The number of nitrogens with one attached hydrogen (secondary N) is 2. The van der Waals surface area contributed by atoms with Crippen LogP contribution in [0.1, 0.15) is 31.2 Å². The zero-order valence-electron chi connectivity index (χ0n) is 15.4. The van der Waals surface area contributed by atoms with E-state index in [1.165, 1.54) is 31.2 Å². The second-order valence-electron chi connectivity index (χ2n) is 6.99. The fraction of sp³-hybridized carbons (Fsp3) is 0.318. The molecule has 3 aromatic rings. The number of benzene rings is 1. The van der Waals surface area contributed by atoms with Crippen molar-refractivity contribution in [3.05, 3.63) is 66.5 Å². The van der Waals surface area contributed by atoms with Crippen molar-refractivity contribution in [1.82, 2.24) is 15.0 Å². The molecule has 0 saturated heterocycles. The van der Waals surface area contributed by atoms with Crippen LogP contribution < -0.4 is 10.6 Å². The van der Waals surface area contributed by atoms with Crippen molar-refractivity contribution in [2.45, 2.75) is 38.1 Å². The second-order valence-corrected chi connectivity index (χ2v) is 6.99. The van der Waals surface area contributed by atoms with Crippen molar-refractivity contribution in [2.24, 2.45) is 0 Å². The van der Waals surface area contributed by atoms with Gasteiger partial charge < -0.3 is 10.6 Å². The van der Waals surface area contributed by atoms with E-state index in [1.807, 2.05) is 48.8 Å². The Kier molecular flexibility index (Phi) is 5.58. The van der Waals surface area contributed by atoms with Crippen LogP contribution in [0.2, 0.25) is 0 Å². The van der Waals surface area contributed by atoms with Gasteiger partial charge in [-0.2, -0.15) is 4.98 Å². The van der Waals surface area contributed by atoms with Gasteiger partial charge in [-0.3, -0.25) is 4.98 Å². The summed E-state index contributed by atoms with van der Waals surface area (Å²) >= 11 is 0. The number of pyridine rings is 1. The average Bonchev–Trinajstić information content (AvgIpc) is 3.22. The fourth-order valence-electron chi connectivity index (χ4n) is 3.50. The average molecular weight is 359 g/mol. The molecule has 1 aliphatic rings. The zero-order valence-corrected chi connectivity index (χ0v) is 15.4. The van der Waals surface area contributed by atoms with E-state index < -0.39 is 0 Å². The lowest BCUT2D eigenvalue weighted by Crippen LogP contribution is -2.17. The molecule has 0 bridgehead atoms. The molecule has 0 atom stereocenters. The number of nitrogens with zero attached hydrogens (tertiary/aromatic N) is 3. The third kappa shape index (κ3) is 4.82. The molecule has 0 aliphatic heterocycles. The molecule has 5 heteroatoms. The molecule has 4 rings (SSSR count). The van der Waals surface area contributed by atoms with Gasteiger partial charge in [0, 0.05) is 36.6 Å². The van der Waals surface area contributed by atoms with Gasteiger partial charge in [0.15, 0.2) is 0 Å². The summed E-state index contributed by atoms with van der Waals surface area (Å²) in [5.74, 6) is 1.58. The maximum Gasteiger partial charge on any atom is 0.225 e. The summed E-state index contributed by atoms with van der Waals surface area (Å²) in [7, 11) is 0. The number of anilines is 2. The predicted octanol–water partition coefficient (Wildman–Crippen LogP) is 4.55. The summed E-state index contributed by atoms with van der Waals surface area (Å²) in [5.41, 5.74) is 3.31. The highest BCUT2D eigenvalue weighted by molar-refractivity contribution is 5.64. The van der Waals surface area contributed by atoms with Crippen LogP contribution in [0.5, 0.6) is 0 Å². The van der Waals surface area contributed by atoms with Crippen LogP contribution >= 0.6 is 0 Å². The standard InChI is InChI=1S/C22H25N5/c1-2-6-18(7-3-1)20-16-21(24-15-12-17-10-13-23-14-11-17)27-22(26-20)25-19-8-4-5-9-19/h1-3,6-7,10-11,13-14,16,19H,4-5,8-9,12,15H2,(H2,24,25,26,27). The largest absolute Gasteiger partial charge is 0.370 e. The molecule has 2 heterocycles. The maximum absolute atomic E-state index is 4.76. The highest BCUT2D eigenvalue weighted by Crippen LogP contribution is 2.24. The van der Waals surface area contributed by atoms with E-state index in [0.29, 0.717) is 6.04 Å². The van der Waals surface area contributed by atoms with Crippen LogP contribution in [0.15, 0.2) is 60.9 Å². The molecule has 1 aliphatic carbocycles.